The van der Waals surface area contributed by atoms with E-state index in [1.54, 1.807) is 10.8 Å². The number of carbonyl (C=O) groups is 1. The molecule has 0 atom stereocenters. The van der Waals surface area contributed by atoms with Crippen LogP contribution in [0.15, 0.2) is 24.3 Å². The number of halogens is 1. The average molecular weight is 318 g/mol. The quantitative estimate of drug-likeness (QED) is 0.628. The van der Waals surface area contributed by atoms with Gasteiger partial charge in [0.15, 0.2) is 0 Å². The normalized spacial score (nSPS) is 11.0. The minimum Gasteiger partial charge on any atom is -0.496 e. The molecule has 23 heavy (non-hydrogen) atoms. The van der Waals surface area contributed by atoms with Crippen molar-refractivity contribution in [1.82, 2.24) is 9.78 Å². The van der Waals surface area contributed by atoms with Gasteiger partial charge >= 0.3 is 5.97 Å². The molecule has 0 saturated carbocycles. The van der Waals surface area contributed by atoms with Crippen LogP contribution in [0.4, 0.5) is 4.39 Å². The van der Waals surface area contributed by atoms with Crippen LogP contribution >= 0.6 is 0 Å². The number of methoxy groups -OCH3 is 1. The molecule has 0 aliphatic carbocycles. The smallest absolute Gasteiger partial charge is 0.331 e. The van der Waals surface area contributed by atoms with E-state index >= 15 is 0 Å². The van der Waals surface area contributed by atoms with Gasteiger partial charge in [0.05, 0.1) is 12.8 Å². The van der Waals surface area contributed by atoms with Crippen LogP contribution < -0.4 is 4.74 Å². The van der Waals surface area contributed by atoms with Gasteiger partial charge in [-0.15, -0.1) is 0 Å². The molecule has 5 nitrogen and oxygen atoms in total. The van der Waals surface area contributed by atoms with E-state index < -0.39 is 11.8 Å². The van der Waals surface area contributed by atoms with Gasteiger partial charge in [0.1, 0.15) is 18.2 Å². The van der Waals surface area contributed by atoms with Crippen LogP contribution in [0.5, 0.6) is 5.75 Å². The average Bonchev–Trinajstić information content (AvgIpc) is 2.76. The number of benzene rings is 1. The maximum absolute atomic E-state index is 13.2. The third kappa shape index (κ3) is 3.97. The van der Waals surface area contributed by atoms with Gasteiger partial charge in [-0.2, -0.15) is 5.10 Å². The van der Waals surface area contributed by atoms with Crippen LogP contribution in [-0.2, 0) is 23.2 Å². The summed E-state index contributed by atoms with van der Waals surface area (Å²) in [5.41, 5.74) is 3.15. The predicted octanol–water partition coefficient (Wildman–Crippen LogP) is 2.94. The number of rotatable bonds is 5. The molecular formula is C17H19FN2O3. The maximum atomic E-state index is 13.2. The zero-order chi connectivity index (χ0) is 17.0. The van der Waals surface area contributed by atoms with Gasteiger partial charge in [0.2, 0.25) is 0 Å². The van der Waals surface area contributed by atoms with Crippen LogP contribution in [0.3, 0.4) is 0 Å². The summed E-state index contributed by atoms with van der Waals surface area (Å²) in [4.78, 5) is 11.8. The van der Waals surface area contributed by atoms with E-state index in [0.29, 0.717) is 11.3 Å². The highest BCUT2D eigenvalue weighted by Crippen LogP contribution is 2.20. The van der Waals surface area contributed by atoms with Gasteiger partial charge in [-0.25, -0.2) is 9.18 Å². The van der Waals surface area contributed by atoms with E-state index in [1.807, 2.05) is 20.9 Å². The number of carbonyl (C=O) groups excluding carboxylic acids is 1. The Morgan fingerprint density at radius 2 is 2.13 bits per heavy atom. The number of ether oxygens (including phenoxy) is 2. The lowest BCUT2D eigenvalue weighted by Crippen LogP contribution is -2.03. The molecule has 1 aromatic carbocycles. The Kier molecular flexibility index (Phi) is 5.16. The standard InChI is InChI=1S/C17H19FN2O3/c1-11-15(12(2)20(3)19-11)6-8-17(21)23-10-13-9-14(18)5-7-16(13)22-4/h5-9H,10H2,1-4H3/b8-6+. The lowest BCUT2D eigenvalue weighted by atomic mass is 10.2. The second-order valence-corrected chi connectivity index (χ2v) is 5.11. The van der Waals surface area contributed by atoms with Crippen molar-refractivity contribution in [2.75, 3.05) is 7.11 Å². The number of hydrogen-bond donors (Lipinski definition) is 0. The first-order chi connectivity index (χ1) is 10.9. The fraction of sp³-hybridized carbons (Fsp3) is 0.294. The third-order valence-electron chi connectivity index (χ3n) is 3.56. The van der Waals surface area contributed by atoms with E-state index in [0.717, 1.165) is 17.0 Å². The highest BCUT2D eigenvalue weighted by atomic mass is 19.1. The molecule has 0 radical (unpaired) electrons. The zero-order valence-electron chi connectivity index (χ0n) is 13.6. The summed E-state index contributed by atoms with van der Waals surface area (Å²) in [7, 11) is 3.32. The summed E-state index contributed by atoms with van der Waals surface area (Å²) < 4.78 is 25.2. The second kappa shape index (κ2) is 7.09. The van der Waals surface area contributed by atoms with Gasteiger partial charge in [0.25, 0.3) is 0 Å². The molecule has 0 amide bonds. The molecule has 0 aliphatic rings. The topological polar surface area (TPSA) is 53.4 Å². The van der Waals surface area contributed by atoms with Crippen LogP contribution in [0, 0.1) is 19.7 Å². The van der Waals surface area contributed by atoms with Crippen molar-refractivity contribution in [3.63, 3.8) is 0 Å². The summed E-state index contributed by atoms with van der Waals surface area (Å²) >= 11 is 0. The molecule has 0 saturated heterocycles. The van der Waals surface area contributed by atoms with Gasteiger partial charge in [-0.1, -0.05) is 0 Å². The largest absolute Gasteiger partial charge is 0.496 e. The number of hydrogen-bond acceptors (Lipinski definition) is 4. The lowest BCUT2D eigenvalue weighted by molar-refractivity contribution is -0.138. The number of aromatic nitrogens is 2. The zero-order valence-corrected chi connectivity index (χ0v) is 13.6. The van der Waals surface area contributed by atoms with E-state index in [-0.39, 0.29) is 6.61 Å². The lowest BCUT2D eigenvalue weighted by Gasteiger charge is -2.08. The molecule has 2 rings (SSSR count). The summed E-state index contributed by atoms with van der Waals surface area (Å²) in [6.07, 6.45) is 3.01. The molecule has 1 aromatic heterocycles. The molecule has 0 bridgehead atoms. The van der Waals surface area contributed by atoms with E-state index in [1.165, 1.54) is 31.4 Å². The van der Waals surface area contributed by atoms with Gasteiger partial charge in [-0.3, -0.25) is 4.68 Å². The van der Waals surface area contributed by atoms with Crippen molar-refractivity contribution in [1.29, 1.82) is 0 Å². The van der Waals surface area contributed by atoms with Gasteiger partial charge < -0.3 is 9.47 Å². The Hall–Kier alpha value is -2.63. The van der Waals surface area contributed by atoms with Crippen molar-refractivity contribution in [3.05, 3.63) is 52.6 Å². The SMILES string of the molecule is COc1ccc(F)cc1COC(=O)/C=C/c1c(C)nn(C)c1C. The van der Waals surface area contributed by atoms with Gasteiger partial charge in [-0.05, 0) is 38.1 Å². The number of esters is 1. The highest BCUT2D eigenvalue weighted by molar-refractivity contribution is 5.87. The molecule has 0 spiro atoms. The summed E-state index contributed by atoms with van der Waals surface area (Å²) in [6, 6.07) is 4.07. The molecular weight excluding hydrogens is 299 g/mol. The van der Waals surface area contributed by atoms with Crippen molar-refractivity contribution >= 4 is 12.0 Å². The van der Waals surface area contributed by atoms with Crippen LogP contribution in [0.25, 0.3) is 6.08 Å². The van der Waals surface area contributed by atoms with Crippen molar-refractivity contribution in [2.24, 2.45) is 7.05 Å². The van der Waals surface area contributed by atoms with Crippen molar-refractivity contribution in [2.45, 2.75) is 20.5 Å². The first-order valence-electron chi connectivity index (χ1n) is 7.09. The minimum absolute atomic E-state index is 0.0604. The second-order valence-electron chi connectivity index (χ2n) is 5.11. The Labute approximate surface area is 134 Å². The first kappa shape index (κ1) is 16.7. The first-order valence-corrected chi connectivity index (χ1v) is 7.09. The number of aryl methyl sites for hydroxylation is 2. The van der Waals surface area contributed by atoms with Crippen LogP contribution in [0.1, 0.15) is 22.5 Å². The summed E-state index contributed by atoms with van der Waals surface area (Å²) in [5, 5.41) is 4.27. The Balaban J connectivity index is 2.03. The van der Waals surface area contributed by atoms with Crippen molar-refractivity contribution in [3.8, 4) is 5.75 Å². The Bertz CT molecular complexity index is 751. The maximum Gasteiger partial charge on any atom is 0.331 e. The fourth-order valence-corrected chi connectivity index (χ4v) is 2.24. The predicted molar refractivity (Wildman–Crippen MR) is 84.5 cm³/mol. The van der Waals surface area contributed by atoms with E-state index in [4.69, 9.17) is 9.47 Å². The minimum atomic E-state index is -0.515. The highest BCUT2D eigenvalue weighted by Gasteiger charge is 2.09. The molecule has 0 aliphatic heterocycles. The molecule has 6 heteroatoms. The molecule has 1 heterocycles. The summed E-state index contributed by atoms with van der Waals surface area (Å²) in [6.45, 7) is 3.73. The molecule has 0 unspecified atom stereocenters. The van der Waals surface area contributed by atoms with Crippen LogP contribution in [0.2, 0.25) is 0 Å². The molecule has 122 valence electrons. The number of nitrogens with zero attached hydrogens (tertiary/aromatic N) is 2. The van der Waals surface area contributed by atoms with E-state index in [9.17, 15) is 9.18 Å². The van der Waals surface area contributed by atoms with Crippen LogP contribution in [-0.4, -0.2) is 22.9 Å². The van der Waals surface area contributed by atoms with E-state index in [2.05, 4.69) is 5.10 Å². The van der Waals surface area contributed by atoms with Crippen molar-refractivity contribution < 1.29 is 18.7 Å². The Morgan fingerprint density at radius 1 is 1.39 bits per heavy atom. The third-order valence-corrected chi connectivity index (χ3v) is 3.56. The Morgan fingerprint density at radius 3 is 2.74 bits per heavy atom. The molecule has 2 aromatic rings. The molecule has 0 N–H and O–H groups in total. The molecule has 0 fully saturated rings. The monoisotopic (exact) mass is 318 g/mol. The fourth-order valence-electron chi connectivity index (χ4n) is 2.24. The summed E-state index contributed by atoms with van der Waals surface area (Å²) in [5.74, 6) is -0.449. The van der Waals surface area contributed by atoms with Gasteiger partial charge in [0, 0.05) is 29.9 Å².